The number of primary amides is 1. The van der Waals surface area contributed by atoms with Gasteiger partial charge in [-0.3, -0.25) is 9.59 Å². The molecule has 0 saturated carbocycles. The molecule has 2 N–H and O–H groups in total. The number of aromatic nitrogens is 2. The van der Waals surface area contributed by atoms with E-state index in [2.05, 4.69) is 10.2 Å². The fourth-order valence-corrected chi connectivity index (χ4v) is 3.54. The summed E-state index contributed by atoms with van der Waals surface area (Å²) >= 11 is 1.17. The lowest BCUT2D eigenvalue weighted by Gasteiger charge is -2.33. The number of rotatable bonds is 5. The van der Waals surface area contributed by atoms with E-state index < -0.39 is 11.9 Å². The molecule has 7 nitrogen and oxygen atoms in total. The van der Waals surface area contributed by atoms with Crippen LogP contribution in [-0.2, 0) is 9.59 Å². The smallest absolute Gasteiger partial charge is 0.277 e. The van der Waals surface area contributed by atoms with Crippen LogP contribution in [0.5, 0.6) is 0 Å². The maximum atomic E-state index is 12.4. The monoisotopic (exact) mass is 360 g/mol. The molecule has 8 heteroatoms. The summed E-state index contributed by atoms with van der Waals surface area (Å²) in [7, 11) is 0. The van der Waals surface area contributed by atoms with Gasteiger partial charge in [-0.1, -0.05) is 29.5 Å². The molecule has 2 aromatic rings. The van der Waals surface area contributed by atoms with E-state index in [9.17, 15) is 9.59 Å². The van der Waals surface area contributed by atoms with Crippen molar-refractivity contribution in [3.8, 4) is 11.5 Å². The van der Waals surface area contributed by atoms with Gasteiger partial charge in [-0.15, -0.1) is 10.2 Å². The summed E-state index contributed by atoms with van der Waals surface area (Å²) in [4.78, 5) is 25.5. The minimum Gasteiger partial charge on any atom is -0.411 e. The van der Waals surface area contributed by atoms with Crippen molar-refractivity contribution in [2.45, 2.75) is 37.5 Å². The highest BCUT2D eigenvalue weighted by molar-refractivity contribution is 7.99. The van der Waals surface area contributed by atoms with E-state index in [0.717, 1.165) is 24.0 Å². The van der Waals surface area contributed by atoms with E-state index in [1.807, 2.05) is 31.2 Å². The number of nitrogens with two attached hydrogens (primary N) is 1. The molecule has 1 fully saturated rings. The van der Waals surface area contributed by atoms with Crippen molar-refractivity contribution in [3.63, 3.8) is 0 Å². The lowest BCUT2D eigenvalue weighted by molar-refractivity contribution is -0.138. The fourth-order valence-electron chi connectivity index (χ4n) is 2.90. The third-order valence-corrected chi connectivity index (χ3v) is 4.95. The van der Waals surface area contributed by atoms with Crippen LogP contribution < -0.4 is 5.73 Å². The summed E-state index contributed by atoms with van der Waals surface area (Å²) in [6, 6.07) is 7.25. The number of benzene rings is 1. The Bertz CT molecular complexity index is 777. The Hall–Kier alpha value is -2.35. The number of hydrogen-bond acceptors (Lipinski definition) is 6. The van der Waals surface area contributed by atoms with Crippen molar-refractivity contribution in [2.24, 2.45) is 5.73 Å². The van der Waals surface area contributed by atoms with Crippen LogP contribution >= 0.6 is 11.8 Å². The van der Waals surface area contributed by atoms with Gasteiger partial charge in [-0.2, -0.15) is 0 Å². The zero-order chi connectivity index (χ0) is 17.8. The first-order valence-electron chi connectivity index (χ1n) is 8.17. The van der Waals surface area contributed by atoms with E-state index in [0.29, 0.717) is 24.1 Å². The second-order valence-electron chi connectivity index (χ2n) is 6.03. The van der Waals surface area contributed by atoms with Crippen molar-refractivity contribution < 1.29 is 14.0 Å². The summed E-state index contributed by atoms with van der Waals surface area (Å²) in [5, 5.41) is 8.33. The van der Waals surface area contributed by atoms with Gasteiger partial charge in [0.15, 0.2) is 0 Å². The standard InChI is InChI=1S/C17H20N4O3S/c1-11-5-4-6-12(9-11)16-19-20-17(24-16)25-10-14(22)21-8-3-2-7-13(21)15(18)23/h4-6,9,13H,2-3,7-8,10H2,1H3,(H2,18,23)/t13-/m0/s1. The third kappa shape index (κ3) is 4.19. The normalized spacial score (nSPS) is 17.5. The molecule has 2 heterocycles. The second-order valence-corrected chi connectivity index (χ2v) is 6.96. The maximum Gasteiger partial charge on any atom is 0.277 e. The lowest BCUT2D eigenvalue weighted by Crippen LogP contribution is -2.51. The molecular weight excluding hydrogens is 340 g/mol. The average molecular weight is 360 g/mol. The van der Waals surface area contributed by atoms with Gasteiger partial charge in [0.25, 0.3) is 5.22 Å². The lowest BCUT2D eigenvalue weighted by atomic mass is 10.0. The van der Waals surface area contributed by atoms with Crippen molar-refractivity contribution in [1.82, 2.24) is 15.1 Å². The van der Waals surface area contributed by atoms with E-state index in [4.69, 9.17) is 10.2 Å². The summed E-state index contributed by atoms with van der Waals surface area (Å²) in [5.74, 6) is -0.0211. The molecule has 132 valence electrons. The number of thioether (sulfide) groups is 1. The first-order valence-corrected chi connectivity index (χ1v) is 9.15. The molecule has 2 amide bonds. The minimum absolute atomic E-state index is 0.135. The van der Waals surface area contributed by atoms with Crippen LogP contribution in [0.15, 0.2) is 33.9 Å². The number of carbonyl (C=O) groups excluding carboxylic acids is 2. The van der Waals surface area contributed by atoms with Gasteiger partial charge in [-0.05, 0) is 38.3 Å². The third-order valence-electron chi connectivity index (χ3n) is 4.14. The van der Waals surface area contributed by atoms with Crippen LogP contribution in [0.3, 0.4) is 0 Å². The largest absolute Gasteiger partial charge is 0.411 e. The minimum atomic E-state index is -0.507. The quantitative estimate of drug-likeness (QED) is 0.818. The van der Waals surface area contributed by atoms with Gasteiger partial charge in [-0.25, -0.2) is 0 Å². The first-order chi connectivity index (χ1) is 12.0. The number of amides is 2. The highest BCUT2D eigenvalue weighted by Gasteiger charge is 2.30. The van der Waals surface area contributed by atoms with E-state index in [-0.39, 0.29) is 11.7 Å². The Morgan fingerprint density at radius 3 is 2.96 bits per heavy atom. The SMILES string of the molecule is Cc1cccc(-c2nnc(SCC(=O)N3CCCC[C@H]3C(N)=O)o2)c1. The molecule has 1 aliphatic rings. The maximum absolute atomic E-state index is 12.4. The molecule has 1 atom stereocenters. The molecule has 1 aliphatic heterocycles. The predicted octanol–water partition coefficient (Wildman–Crippen LogP) is 2.00. The first kappa shape index (κ1) is 17.5. The highest BCUT2D eigenvalue weighted by atomic mass is 32.2. The number of likely N-dealkylation sites (tertiary alicyclic amines) is 1. The Morgan fingerprint density at radius 1 is 1.36 bits per heavy atom. The van der Waals surface area contributed by atoms with Crippen LogP contribution in [0.25, 0.3) is 11.5 Å². The molecule has 1 aromatic heterocycles. The summed E-state index contributed by atoms with van der Waals surface area (Å²) in [6.07, 6.45) is 2.43. The second kappa shape index (κ2) is 7.69. The number of piperidine rings is 1. The van der Waals surface area contributed by atoms with Crippen LogP contribution in [0, 0.1) is 6.92 Å². The zero-order valence-corrected chi connectivity index (χ0v) is 14.8. The van der Waals surface area contributed by atoms with Gasteiger partial charge in [0, 0.05) is 12.1 Å². The van der Waals surface area contributed by atoms with E-state index in [1.54, 1.807) is 4.90 Å². The number of aryl methyl sites for hydroxylation is 1. The molecule has 1 saturated heterocycles. The molecule has 0 radical (unpaired) electrons. The van der Waals surface area contributed by atoms with Gasteiger partial charge in [0.05, 0.1) is 5.75 Å². The summed E-state index contributed by atoms with van der Waals surface area (Å²) in [5.41, 5.74) is 7.34. The molecular formula is C17H20N4O3S. The zero-order valence-electron chi connectivity index (χ0n) is 14.0. The Morgan fingerprint density at radius 2 is 2.20 bits per heavy atom. The molecule has 1 aromatic carbocycles. The van der Waals surface area contributed by atoms with Crippen molar-refractivity contribution >= 4 is 23.6 Å². The Labute approximate surface area is 150 Å². The molecule has 0 bridgehead atoms. The topological polar surface area (TPSA) is 102 Å². The van der Waals surface area contributed by atoms with Gasteiger partial charge in [0.2, 0.25) is 17.7 Å². The van der Waals surface area contributed by atoms with Crippen molar-refractivity contribution in [2.75, 3.05) is 12.3 Å². The summed E-state index contributed by atoms with van der Waals surface area (Å²) in [6.45, 7) is 2.55. The van der Waals surface area contributed by atoms with Crippen LogP contribution in [0.2, 0.25) is 0 Å². The number of nitrogens with zero attached hydrogens (tertiary/aromatic N) is 3. The predicted molar refractivity (Wildman–Crippen MR) is 93.7 cm³/mol. The fraction of sp³-hybridized carbons (Fsp3) is 0.412. The number of carbonyl (C=O) groups is 2. The Kier molecular flexibility index (Phi) is 5.37. The van der Waals surface area contributed by atoms with Crippen LogP contribution in [0.1, 0.15) is 24.8 Å². The molecule has 0 unspecified atom stereocenters. The van der Waals surface area contributed by atoms with Crippen molar-refractivity contribution in [3.05, 3.63) is 29.8 Å². The number of hydrogen-bond donors (Lipinski definition) is 1. The molecule has 0 aliphatic carbocycles. The van der Waals surface area contributed by atoms with Gasteiger partial charge in [0.1, 0.15) is 6.04 Å². The van der Waals surface area contributed by atoms with Crippen molar-refractivity contribution in [1.29, 1.82) is 0 Å². The summed E-state index contributed by atoms with van der Waals surface area (Å²) < 4.78 is 5.62. The Balaban J connectivity index is 1.62. The average Bonchev–Trinajstić information content (AvgIpc) is 3.08. The van der Waals surface area contributed by atoms with E-state index in [1.165, 1.54) is 11.8 Å². The van der Waals surface area contributed by atoms with Crippen LogP contribution in [0.4, 0.5) is 0 Å². The molecule has 3 rings (SSSR count). The molecule has 25 heavy (non-hydrogen) atoms. The van der Waals surface area contributed by atoms with E-state index >= 15 is 0 Å². The molecule has 0 spiro atoms. The highest BCUT2D eigenvalue weighted by Crippen LogP contribution is 2.25. The van der Waals surface area contributed by atoms with Gasteiger partial charge < -0.3 is 15.1 Å². The van der Waals surface area contributed by atoms with Crippen LogP contribution in [-0.4, -0.2) is 45.3 Å². The van der Waals surface area contributed by atoms with Gasteiger partial charge >= 0.3 is 0 Å².